The lowest BCUT2D eigenvalue weighted by atomic mass is 9.89. The fourth-order valence-corrected chi connectivity index (χ4v) is 3.22. The third-order valence-electron chi connectivity index (χ3n) is 4.80. The number of hydrogen-bond acceptors (Lipinski definition) is 3. The summed E-state index contributed by atoms with van der Waals surface area (Å²) in [5, 5.41) is 6.85. The standard InChI is InChI=1S/C19H38N2O2/c1-7-14(3)13-15(8-2)20-16-9-11-17(12-10-16)21-18(22)23-19(4,5)6/h14-17,20H,7-13H2,1-6H3,(H,21,22). The third kappa shape index (κ3) is 8.59. The second-order valence-corrected chi connectivity index (χ2v) is 8.22. The van der Waals surface area contributed by atoms with Gasteiger partial charge in [-0.3, -0.25) is 0 Å². The average Bonchev–Trinajstić information content (AvgIpc) is 2.46. The molecular formula is C19H38N2O2. The second-order valence-electron chi connectivity index (χ2n) is 8.22. The molecule has 2 unspecified atom stereocenters. The Morgan fingerprint density at radius 3 is 2.13 bits per heavy atom. The van der Waals surface area contributed by atoms with Gasteiger partial charge in [0.05, 0.1) is 0 Å². The first kappa shape index (κ1) is 20.3. The second kappa shape index (κ2) is 9.51. The van der Waals surface area contributed by atoms with Crippen molar-refractivity contribution in [3.63, 3.8) is 0 Å². The topological polar surface area (TPSA) is 50.4 Å². The Balaban J connectivity index is 2.30. The van der Waals surface area contributed by atoms with Crippen LogP contribution in [0.15, 0.2) is 0 Å². The Kier molecular flexibility index (Phi) is 8.38. The van der Waals surface area contributed by atoms with Gasteiger partial charge in [-0.2, -0.15) is 0 Å². The SMILES string of the molecule is CCC(C)CC(CC)NC1CCC(NC(=O)OC(C)(C)C)CC1. The largest absolute Gasteiger partial charge is 0.444 e. The molecular weight excluding hydrogens is 288 g/mol. The smallest absolute Gasteiger partial charge is 0.407 e. The molecule has 0 aromatic carbocycles. The third-order valence-corrected chi connectivity index (χ3v) is 4.80. The highest BCUT2D eigenvalue weighted by atomic mass is 16.6. The van der Waals surface area contributed by atoms with Gasteiger partial charge in [-0.1, -0.05) is 27.2 Å². The summed E-state index contributed by atoms with van der Waals surface area (Å²) in [6.45, 7) is 12.6. The maximum atomic E-state index is 11.8. The molecule has 136 valence electrons. The van der Waals surface area contributed by atoms with E-state index in [4.69, 9.17) is 4.74 Å². The van der Waals surface area contributed by atoms with Gasteiger partial charge in [0.15, 0.2) is 0 Å². The average molecular weight is 327 g/mol. The van der Waals surface area contributed by atoms with Crippen LogP contribution in [-0.2, 0) is 4.74 Å². The Morgan fingerprint density at radius 1 is 1.09 bits per heavy atom. The van der Waals surface area contributed by atoms with Crippen molar-refractivity contribution in [2.24, 2.45) is 5.92 Å². The van der Waals surface area contributed by atoms with Crippen molar-refractivity contribution >= 4 is 6.09 Å². The van der Waals surface area contributed by atoms with Crippen LogP contribution in [0.2, 0.25) is 0 Å². The molecule has 4 heteroatoms. The van der Waals surface area contributed by atoms with Crippen LogP contribution >= 0.6 is 0 Å². The maximum Gasteiger partial charge on any atom is 0.407 e. The zero-order chi connectivity index (χ0) is 17.5. The summed E-state index contributed by atoms with van der Waals surface area (Å²) in [6, 6.07) is 1.49. The number of carbonyl (C=O) groups excluding carboxylic acids is 1. The van der Waals surface area contributed by atoms with Gasteiger partial charge in [0.25, 0.3) is 0 Å². The van der Waals surface area contributed by atoms with Gasteiger partial charge in [-0.05, 0) is 65.2 Å². The van der Waals surface area contributed by atoms with Gasteiger partial charge in [0, 0.05) is 18.1 Å². The minimum Gasteiger partial charge on any atom is -0.444 e. The molecule has 0 aromatic rings. The predicted octanol–water partition coefficient (Wildman–Crippen LogP) is 4.63. The number of alkyl carbamates (subject to hydrolysis) is 1. The summed E-state index contributed by atoms with van der Waals surface area (Å²) in [5.74, 6) is 0.789. The number of rotatable bonds is 7. The lowest BCUT2D eigenvalue weighted by Gasteiger charge is -2.33. The monoisotopic (exact) mass is 326 g/mol. The number of hydrogen-bond donors (Lipinski definition) is 2. The van der Waals surface area contributed by atoms with E-state index in [1.165, 1.54) is 19.3 Å². The molecule has 0 heterocycles. The summed E-state index contributed by atoms with van der Waals surface area (Å²) in [7, 11) is 0. The van der Waals surface area contributed by atoms with Crippen molar-refractivity contribution in [3.8, 4) is 0 Å². The summed E-state index contributed by atoms with van der Waals surface area (Å²) < 4.78 is 5.34. The van der Waals surface area contributed by atoms with Gasteiger partial charge in [0.1, 0.15) is 5.60 Å². The van der Waals surface area contributed by atoms with Crippen LogP contribution in [-0.4, -0.2) is 29.8 Å². The minimum absolute atomic E-state index is 0.262. The molecule has 0 bridgehead atoms. The highest BCUT2D eigenvalue weighted by Crippen LogP contribution is 2.21. The number of nitrogens with one attached hydrogen (secondary N) is 2. The van der Waals surface area contributed by atoms with E-state index in [1.54, 1.807) is 0 Å². The van der Waals surface area contributed by atoms with Gasteiger partial charge < -0.3 is 15.4 Å². The summed E-state index contributed by atoms with van der Waals surface area (Å²) >= 11 is 0. The molecule has 0 radical (unpaired) electrons. The number of amides is 1. The molecule has 2 N–H and O–H groups in total. The van der Waals surface area contributed by atoms with Crippen molar-refractivity contribution in [2.45, 2.75) is 110 Å². The Morgan fingerprint density at radius 2 is 1.65 bits per heavy atom. The Labute approximate surface area is 143 Å². The van der Waals surface area contributed by atoms with E-state index in [-0.39, 0.29) is 12.1 Å². The molecule has 1 amide bonds. The van der Waals surface area contributed by atoms with Gasteiger partial charge in [0.2, 0.25) is 0 Å². The molecule has 1 aliphatic carbocycles. The van der Waals surface area contributed by atoms with Crippen LogP contribution < -0.4 is 10.6 Å². The molecule has 0 aliphatic heterocycles. The van der Waals surface area contributed by atoms with E-state index >= 15 is 0 Å². The van der Waals surface area contributed by atoms with Crippen molar-refractivity contribution in [3.05, 3.63) is 0 Å². The van der Waals surface area contributed by atoms with Crippen LogP contribution in [0.5, 0.6) is 0 Å². The minimum atomic E-state index is -0.423. The molecule has 23 heavy (non-hydrogen) atoms. The predicted molar refractivity (Wildman–Crippen MR) is 96.7 cm³/mol. The highest BCUT2D eigenvalue weighted by molar-refractivity contribution is 5.68. The van der Waals surface area contributed by atoms with Crippen LogP contribution in [0.3, 0.4) is 0 Å². The maximum absolute atomic E-state index is 11.8. The van der Waals surface area contributed by atoms with E-state index in [1.807, 2.05) is 20.8 Å². The first-order valence-corrected chi connectivity index (χ1v) is 9.49. The molecule has 1 saturated carbocycles. The lowest BCUT2D eigenvalue weighted by Crippen LogP contribution is -2.46. The molecule has 2 atom stereocenters. The lowest BCUT2D eigenvalue weighted by molar-refractivity contribution is 0.0489. The Hall–Kier alpha value is -0.770. The summed E-state index contributed by atoms with van der Waals surface area (Å²) in [5.41, 5.74) is -0.423. The molecule has 4 nitrogen and oxygen atoms in total. The van der Waals surface area contributed by atoms with Gasteiger partial charge in [-0.25, -0.2) is 4.79 Å². The molecule has 1 fully saturated rings. The van der Waals surface area contributed by atoms with Crippen molar-refractivity contribution in [2.75, 3.05) is 0 Å². The van der Waals surface area contributed by atoms with Crippen LogP contribution in [0.4, 0.5) is 4.79 Å². The quantitative estimate of drug-likeness (QED) is 0.717. The van der Waals surface area contributed by atoms with E-state index in [0.717, 1.165) is 31.6 Å². The van der Waals surface area contributed by atoms with Gasteiger partial charge in [-0.15, -0.1) is 0 Å². The fraction of sp³-hybridized carbons (Fsp3) is 0.947. The zero-order valence-electron chi connectivity index (χ0n) is 16.1. The fourth-order valence-electron chi connectivity index (χ4n) is 3.22. The zero-order valence-corrected chi connectivity index (χ0v) is 16.1. The molecule has 0 spiro atoms. The number of ether oxygens (including phenoxy) is 1. The van der Waals surface area contributed by atoms with Crippen LogP contribution in [0.25, 0.3) is 0 Å². The first-order valence-electron chi connectivity index (χ1n) is 9.49. The van der Waals surface area contributed by atoms with Crippen molar-refractivity contribution < 1.29 is 9.53 Å². The van der Waals surface area contributed by atoms with Crippen molar-refractivity contribution in [1.82, 2.24) is 10.6 Å². The molecule has 1 aliphatic rings. The Bertz CT molecular complexity index is 344. The summed E-state index contributed by atoms with van der Waals surface area (Å²) in [4.78, 5) is 11.8. The number of carbonyl (C=O) groups is 1. The van der Waals surface area contributed by atoms with Crippen molar-refractivity contribution in [1.29, 1.82) is 0 Å². The normalized spacial score (nSPS) is 24.8. The first-order chi connectivity index (χ1) is 10.7. The van der Waals surface area contributed by atoms with Gasteiger partial charge >= 0.3 is 6.09 Å². The molecule has 0 saturated heterocycles. The van der Waals surface area contributed by atoms with E-state index in [9.17, 15) is 4.79 Å². The summed E-state index contributed by atoms with van der Waals surface area (Å²) in [6.07, 6.45) is 7.79. The van der Waals surface area contributed by atoms with Crippen LogP contribution in [0.1, 0.15) is 86.5 Å². The van der Waals surface area contributed by atoms with E-state index in [0.29, 0.717) is 12.1 Å². The highest BCUT2D eigenvalue weighted by Gasteiger charge is 2.25. The molecule has 0 aromatic heterocycles. The molecule has 1 rings (SSSR count). The van der Waals surface area contributed by atoms with E-state index in [2.05, 4.69) is 31.4 Å². The van der Waals surface area contributed by atoms with Crippen LogP contribution in [0, 0.1) is 5.92 Å². The van der Waals surface area contributed by atoms with E-state index < -0.39 is 5.60 Å².